The molecule has 0 saturated carbocycles. The highest BCUT2D eigenvalue weighted by atomic mass is 16.6. The van der Waals surface area contributed by atoms with E-state index < -0.39 is 35.8 Å². The fourth-order valence-electron chi connectivity index (χ4n) is 5.56. The molecule has 2 aromatic rings. The van der Waals surface area contributed by atoms with Crippen LogP contribution in [0.5, 0.6) is 5.75 Å². The van der Waals surface area contributed by atoms with Gasteiger partial charge in [-0.05, 0) is 124 Å². The Morgan fingerprint density at radius 1 is 0.646 bits per heavy atom. The van der Waals surface area contributed by atoms with Crippen LogP contribution in [0.15, 0.2) is 170 Å². The normalized spacial score (nSPS) is 11.9. The molecule has 18 nitrogen and oxygen atoms in total. The minimum absolute atomic E-state index is 0.00949. The van der Waals surface area contributed by atoms with Crippen LogP contribution in [0, 0.1) is 0 Å². The van der Waals surface area contributed by atoms with Gasteiger partial charge < -0.3 is 52.2 Å². The minimum atomic E-state index is -0.578. The summed E-state index contributed by atoms with van der Waals surface area (Å²) in [7, 11) is 4.73. The fourth-order valence-corrected chi connectivity index (χ4v) is 5.56. The molecule has 2 aromatic carbocycles. The van der Waals surface area contributed by atoms with Crippen molar-refractivity contribution in [1.29, 1.82) is 0 Å². The Hall–Kier alpha value is -8.45. The Bertz CT molecular complexity index is 2540. The summed E-state index contributed by atoms with van der Waals surface area (Å²) < 4.78 is 45.6. The largest absolute Gasteiger partial charge is 0.463 e. The predicted octanol–water partition coefficient (Wildman–Crippen LogP) is 10.5. The molecule has 0 saturated heterocycles. The molecule has 0 atom stereocenters. The lowest BCUT2D eigenvalue weighted by Crippen LogP contribution is -2.12. The summed E-state index contributed by atoms with van der Waals surface area (Å²) >= 11 is 0. The summed E-state index contributed by atoms with van der Waals surface area (Å²) in [6.45, 7) is 26.5. The summed E-state index contributed by atoms with van der Waals surface area (Å²) in [4.78, 5) is 100. The molecule has 18 heteroatoms. The number of methoxy groups -OCH3 is 3. The maximum atomic E-state index is 13.0. The summed E-state index contributed by atoms with van der Waals surface area (Å²) in [5, 5.41) is 1.47. The van der Waals surface area contributed by atoms with Gasteiger partial charge in [-0.3, -0.25) is 19.2 Å². The van der Waals surface area contributed by atoms with Gasteiger partial charge in [0.2, 0.25) is 0 Å². The van der Waals surface area contributed by atoms with E-state index in [4.69, 9.17) is 42.7 Å². The molecule has 0 aliphatic heterocycles. The number of benzene rings is 2. The van der Waals surface area contributed by atoms with Gasteiger partial charge in [-0.25, -0.2) is 14.4 Å². The van der Waals surface area contributed by atoms with Crippen LogP contribution >= 0.6 is 0 Å². The zero-order valence-electron chi connectivity index (χ0n) is 46.5. The summed E-state index contributed by atoms with van der Waals surface area (Å²) in [5.74, 6) is -1.82. The first-order valence-electron chi connectivity index (χ1n) is 24.6. The monoisotopic (exact) mass is 1100 g/mol. The van der Waals surface area contributed by atoms with Crippen LogP contribution in [0.2, 0.25) is 0 Å². The van der Waals surface area contributed by atoms with Gasteiger partial charge in [0.15, 0.2) is 0 Å². The zero-order chi connectivity index (χ0) is 59.8. The van der Waals surface area contributed by atoms with E-state index in [0.29, 0.717) is 84.8 Å². The van der Waals surface area contributed by atoms with Crippen molar-refractivity contribution in [1.82, 2.24) is 0 Å². The standard InChI is InChI=1S/C44H46O12.C6H10O3.C6H12O.C3H4O.C2H4O/c1-6-9-38(56-44(50)36-17-16-35-29-39(20-18-34(35)28-36)55-41(47)10-8-23-45)19-11-30(3)26-31(4)53-43(49)33-14-12-32(13-15-33)27-37(7-2)54-42(48)22-21-40(46)52-25-24-51-5;1-3-6(7)9-5-4-8-2;1-6(2)4-5-7-3;1-2-3-4;1-2-3/h6-7,9,12,14-18,20,23,26-29H,1,3,8,10-11,13,19,21-22,24-25H2,2,4-5H3;3H,1,4-5H2,2H3;1,4-5H2,2-3H3;2-3H,1H2;2H,1H3/b31-26+,32-27-,37-7+,38-9+;;;;. The van der Waals surface area contributed by atoms with Crippen molar-refractivity contribution in [2.45, 2.75) is 79.1 Å². The highest BCUT2D eigenvalue weighted by molar-refractivity contribution is 5.96. The Labute approximate surface area is 464 Å². The summed E-state index contributed by atoms with van der Waals surface area (Å²) in [6.07, 6.45) is 19.3. The quantitative estimate of drug-likeness (QED) is 0.00847. The van der Waals surface area contributed by atoms with Gasteiger partial charge in [0, 0.05) is 46.9 Å². The molecule has 0 spiro atoms. The third kappa shape index (κ3) is 37.9. The Kier molecular flexibility index (Phi) is 43.0. The van der Waals surface area contributed by atoms with Gasteiger partial charge in [-0.2, -0.15) is 0 Å². The van der Waals surface area contributed by atoms with Crippen molar-refractivity contribution in [3.8, 4) is 5.75 Å². The highest BCUT2D eigenvalue weighted by Gasteiger charge is 2.16. The van der Waals surface area contributed by atoms with Crippen LogP contribution in [0.4, 0.5) is 0 Å². The lowest BCUT2D eigenvalue weighted by atomic mass is 10.0. The van der Waals surface area contributed by atoms with Gasteiger partial charge in [0.05, 0.1) is 43.6 Å². The molecule has 0 aromatic heterocycles. The number of esters is 6. The fraction of sp³-hybridized carbons (Fsp3) is 0.328. The van der Waals surface area contributed by atoms with E-state index in [9.17, 15) is 33.6 Å². The maximum absolute atomic E-state index is 13.0. The first-order valence-corrected chi connectivity index (χ1v) is 24.6. The molecule has 0 N–H and O–H groups in total. The Morgan fingerprint density at radius 2 is 1.27 bits per heavy atom. The molecule has 428 valence electrons. The molecule has 1 aliphatic rings. The molecule has 0 unspecified atom stereocenters. The number of aldehydes is 3. The van der Waals surface area contributed by atoms with E-state index in [0.717, 1.165) is 41.7 Å². The molecule has 1 aliphatic carbocycles. The average molecular weight is 1100 g/mol. The van der Waals surface area contributed by atoms with Crippen LogP contribution in [-0.4, -0.2) is 109 Å². The lowest BCUT2D eigenvalue weighted by molar-refractivity contribution is -0.149. The SMILES string of the molecule is C=C(C)CCOC.C=C/C=C(\CCC(=C)/C=C(\C)OC(=O)C1=CC/C(=C\C(=C/C)OC(=O)CCC(=O)OCCOC)C=C1)OC(=O)c1ccc2cc(OC(=O)CCC=O)ccc2c1.C=CC(=O)OCCOC.C=CC=O.CC=O. The first kappa shape index (κ1) is 72.6. The summed E-state index contributed by atoms with van der Waals surface area (Å²) in [6, 6.07) is 9.99. The third-order valence-corrected chi connectivity index (χ3v) is 9.35. The predicted molar refractivity (Wildman–Crippen MR) is 301 cm³/mol. The number of hydrogen-bond donors (Lipinski definition) is 0. The number of carbonyl (C=O) groups is 9. The molecule has 0 amide bonds. The van der Waals surface area contributed by atoms with Gasteiger partial charge in [-0.15, -0.1) is 6.58 Å². The highest BCUT2D eigenvalue weighted by Crippen LogP contribution is 2.25. The second kappa shape index (κ2) is 46.8. The molecule has 0 radical (unpaired) electrons. The van der Waals surface area contributed by atoms with Crippen molar-refractivity contribution in [3.63, 3.8) is 0 Å². The van der Waals surface area contributed by atoms with Crippen molar-refractivity contribution >= 4 is 65.4 Å². The second-order valence-corrected chi connectivity index (χ2v) is 15.9. The molecule has 3 rings (SSSR count). The zero-order valence-corrected chi connectivity index (χ0v) is 46.5. The molecular weight excluding hydrogens is 1020 g/mol. The number of hydrogen-bond acceptors (Lipinski definition) is 18. The van der Waals surface area contributed by atoms with Gasteiger partial charge >= 0.3 is 35.8 Å². The van der Waals surface area contributed by atoms with E-state index in [1.165, 1.54) is 31.8 Å². The third-order valence-electron chi connectivity index (χ3n) is 9.35. The van der Waals surface area contributed by atoms with E-state index in [2.05, 4.69) is 42.4 Å². The molecule has 0 fully saturated rings. The number of allylic oxidation sites excluding steroid dienone is 12. The van der Waals surface area contributed by atoms with Crippen LogP contribution in [0.3, 0.4) is 0 Å². The number of fused-ring (bicyclic) bond motifs is 1. The number of carbonyl (C=O) groups excluding carboxylic acids is 9. The average Bonchev–Trinajstić information content (AvgIpc) is 3.43. The minimum Gasteiger partial charge on any atom is -0.463 e. The van der Waals surface area contributed by atoms with Crippen LogP contribution < -0.4 is 4.74 Å². The lowest BCUT2D eigenvalue weighted by Gasteiger charge is -2.12. The van der Waals surface area contributed by atoms with Crippen molar-refractivity contribution in [3.05, 3.63) is 175 Å². The van der Waals surface area contributed by atoms with Gasteiger partial charge in [-0.1, -0.05) is 67.8 Å². The van der Waals surface area contributed by atoms with E-state index in [-0.39, 0.29) is 38.9 Å². The van der Waals surface area contributed by atoms with Crippen molar-refractivity contribution in [2.75, 3.05) is 54.4 Å². The molecular formula is C61H76O18. The Balaban J connectivity index is 0. The van der Waals surface area contributed by atoms with E-state index in [1.807, 2.05) is 6.92 Å². The van der Waals surface area contributed by atoms with Crippen LogP contribution in [0.1, 0.15) is 89.4 Å². The number of ether oxygens (including phenoxy) is 9. The maximum Gasteiger partial charge on any atom is 0.343 e. The van der Waals surface area contributed by atoms with Crippen molar-refractivity contribution in [2.24, 2.45) is 0 Å². The Morgan fingerprint density at radius 3 is 1.81 bits per heavy atom. The van der Waals surface area contributed by atoms with Gasteiger partial charge in [0.25, 0.3) is 0 Å². The van der Waals surface area contributed by atoms with E-state index in [1.54, 1.807) is 107 Å². The van der Waals surface area contributed by atoms with Gasteiger partial charge in [0.1, 0.15) is 55.1 Å². The topological polar surface area (TPSA) is 237 Å². The van der Waals surface area contributed by atoms with Crippen molar-refractivity contribution < 1.29 is 85.8 Å². The smallest absolute Gasteiger partial charge is 0.343 e. The molecule has 0 bridgehead atoms. The first-order chi connectivity index (χ1) is 37.8. The van der Waals surface area contributed by atoms with Crippen LogP contribution in [0.25, 0.3) is 10.8 Å². The second-order valence-electron chi connectivity index (χ2n) is 15.9. The summed E-state index contributed by atoms with van der Waals surface area (Å²) in [5.41, 5.74) is 3.26. The van der Waals surface area contributed by atoms with E-state index >= 15 is 0 Å². The van der Waals surface area contributed by atoms with Crippen LogP contribution in [-0.2, 0) is 76.3 Å². The molecule has 0 heterocycles. The number of rotatable bonds is 29. The molecule has 79 heavy (non-hydrogen) atoms.